The minimum atomic E-state index is -3.66. The molecular formula is C21H20F2N2O4S. The predicted molar refractivity (Wildman–Crippen MR) is 109 cm³/mol. The number of carbonyl (C=O) groups is 1. The average Bonchev–Trinajstić information content (AvgIpc) is 2.92. The third kappa shape index (κ3) is 4.58. The molecule has 0 aliphatic rings. The summed E-state index contributed by atoms with van der Waals surface area (Å²) in [5.41, 5.74) is 0.462. The van der Waals surface area contributed by atoms with Crippen molar-refractivity contribution in [3.05, 3.63) is 88.7 Å². The fourth-order valence-corrected chi connectivity index (χ4v) is 3.86. The van der Waals surface area contributed by atoms with Crippen molar-refractivity contribution in [3.63, 3.8) is 0 Å². The van der Waals surface area contributed by atoms with Gasteiger partial charge in [0.2, 0.25) is 21.8 Å². The smallest absolute Gasteiger partial charge is 0.234 e. The lowest BCUT2D eigenvalue weighted by molar-refractivity contribution is 0.103. The van der Waals surface area contributed by atoms with Crippen molar-refractivity contribution in [2.45, 2.75) is 6.42 Å². The number of aliphatic hydroxyl groups is 1. The predicted octanol–water partition coefficient (Wildman–Crippen LogP) is 2.86. The van der Waals surface area contributed by atoms with E-state index in [0.29, 0.717) is 5.56 Å². The van der Waals surface area contributed by atoms with Gasteiger partial charge >= 0.3 is 0 Å². The first kappa shape index (κ1) is 21.7. The zero-order valence-electron chi connectivity index (χ0n) is 16.1. The van der Waals surface area contributed by atoms with E-state index in [4.69, 9.17) is 5.11 Å². The highest BCUT2D eigenvalue weighted by atomic mass is 32.2. The van der Waals surface area contributed by atoms with E-state index in [-0.39, 0.29) is 23.4 Å². The molecule has 1 heterocycles. The van der Waals surface area contributed by atoms with Crippen LogP contribution in [0.3, 0.4) is 0 Å². The van der Waals surface area contributed by atoms with Gasteiger partial charge in [0.05, 0.1) is 18.1 Å². The lowest BCUT2D eigenvalue weighted by atomic mass is 10.0. The number of nitrogens with one attached hydrogen (secondary N) is 1. The molecule has 1 aromatic heterocycles. The molecule has 30 heavy (non-hydrogen) atoms. The number of aliphatic hydroxyl groups excluding tert-OH is 1. The summed E-state index contributed by atoms with van der Waals surface area (Å²) >= 11 is 0. The zero-order chi connectivity index (χ0) is 21.9. The molecule has 0 bridgehead atoms. The van der Waals surface area contributed by atoms with E-state index in [2.05, 4.69) is 4.72 Å². The number of aromatic nitrogens is 1. The Morgan fingerprint density at radius 3 is 2.30 bits per heavy atom. The Morgan fingerprint density at radius 1 is 1.07 bits per heavy atom. The maximum absolute atomic E-state index is 15.0. The van der Waals surface area contributed by atoms with Crippen molar-refractivity contribution in [2.24, 2.45) is 7.05 Å². The van der Waals surface area contributed by atoms with Gasteiger partial charge in [-0.15, -0.1) is 0 Å². The Hall–Kier alpha value is -3.04. The molecule has 0 saturated heterocycles. The molecule has 0 saturated carbocycles. The molecule has 3 aromatic rings. The molecule has 0 amide bonds. The number of ketones is 1. The number of nitrogens with zero attached hydrogens (tertiary/aromatic N) is 1. The molecule has 2 aromatic carbocycles. The van der Waals surface area contributed by atoms with Gasteiger partial charge in [0.25, 0.3) is 0 Å². The van der Waals surface area contributed by atoms with Crippen molar-refractivity contribution < 1.29 is 27.1 Å². The molecule has 0 unspecified atom stereocenters. The second kappa shape index (κ2) is 8.76. The fourth-order valence-electron chi connectivity index (χ4n) is 3.03. The molecule has 0 fully saturated rings. The maximum atomic E-state index is 15.0. The van der Waals surface area contributed by atoms with Crippen molar-refractivity contribution in [2.75, 3.05) is 17.1 Å². The first-order valence-electron chi connectivity index (χ1n) is 9.06. The Bertz CT molecular complexity index is 1160. The average molecular weight is 434 g/mol. The van der Waals surface area contributed by atoms with Gasteiger partial charge in [-0.1, -0.05) is 42.5 Å². The van der Waals surface area contributed by atoms with Crippen LogP contribution in [-0.2, 0) is 23.5 Å². The van der Waals surface area contributed by atoms with Gasteiger partial charge < -0.3 is 9.67 Å². The number of hydrogen-bond donors (Lipinski definition) is 2. The van der Waals surface area contributed by atoms with E-state index < -0.39 is 45.5 Å². The number of sulfonamides is 1. The van der Waals surface area contributed by atoms with Gasteiger partial charge in [-0.3, -0.25) is 9.52 Å². The summed E-state index contributed by atoms with van der Waals surface area (Å²) < 4.78 is 56.3. The summed E-state index contributed by atoms with van der Waals surface area (Å²) in [4.78, 5) is 12.6. The van der Waals surface area contributed by atoms with Crippen LogP contribution in [0.1, 0.15) is 27.2 Å². The first-order valence-corrected chi connectivity index (χ1v) is 10.7. The number of halogens is 2. The molecule has 2 N–H and O–H groups in total. The number of rotatable bonds is 8. The second-order valence-electron chi connectivity index (χ2n) is 6.70. The normalized spacial score (nSPS) is 11.5. The van der Waals surface area contributed by atoms with E-state index in [9.17, 15) is 22.0 Å². The summed E-state index contributed by atoms with van der Waals surface area (Å²) in [6.07, 6.45) is 0.00495. The minimum absolute atomic E-state index is 0.000363. The molecule has 0 atom stereocenters. The van der Waals surface area contributed by atoms with Crippen LogP contribution in [-0.4, -0.2) is 36.2 Å². The summed E-state index contributed by atoms with van der Waals surface area (Å²) in [5, 5.41) is 8.76. The van der Waals surface area contributed by atoms with E-state index in [0.717, 1.165) is 4.57 Å². The van der Waals surface area contributed by atoms with Crippen molar-refractivity contribution in [1.29, 1.82) is 0 Å². The maximum Gasteiger partial charge on any atom is 0.234 e. The van der Waals surface area contributed by atoms with Crippen LogP contribution in [0.2, 0.25) is 0 Å². The lowest BCUT2D eigenvalue weighted by Gasteiger charge is -2.08. The number of hydrogen-bond acceptors (Lipinski definition) is 4. The van der Waals surface area contributed by atoms with Crippen LogP contribution < -0.4 is 4.72 Å². The van der Waals surface area contributed by atoms with Crippen LogP contribution in [0.4, 0.5) is 14.5 Å². The van der Waals surface area contributed by atoms with Crippen molar-refractivity contribution in [1.82, 2.24) is 4.57 Å². The van der Waals surface area contributed by atoms with Gasteiger partial charge in [-0.25, -0.2) is 12.8 Å². The first-order chi connectivity index (χ1) is 14.2. The van der Waals surface area contributed by atoms with Gasteiger partial charge in [0.15, 0.2) is 5.82 Å². The summed E-state index contributed by atoms with van der Waals surface area (Å²) in [6.45, 7) is -0.504. The molecule has 0 spiro atoms. The van der Waals surface area contributed by atoms with Gasteiger partial charge in [0.1, 0.15) is 5.56 Å². The Kier molecular flexibility index (Phi) is 6.33. The Labute approximate surface area is 172 Å². The van der Waals surface area contributed by atoms with Gasteiger partial charge in [0, 0.05) is 24.7 Å². The van der Waals surface area contributed by atoms with Crippen LogP contribution in [0.15, 0.2) is 54.6 Å². The highest BCUT2D eigenvalue weighted by molar-refractivity contribution is 7.92. The largest absolute Gasteiger partial charge is 0.395 e. The minimum Gasteiger partial charge on any atom is -0.395 e. The summed E-state index contributed by atoms with van der Waals surface area (Å²) in [7, 11) is -2.32. The number of anilines is 1. The summed E-state index contributed by atoms with van der Waals surface area (Å²) in [5.74, 6) is -3.04. The van der Waals surface area contributed by atoms with Crippen molar-refractivity contribution in [3.8, 4) is 0 Å². The summed E-state index contributed by atoms with van der Waals surface area (Å²) in [6, 6.07) is 14.0. The van der Waals surface area contributed by atoms with Gasteiger partial charge in [-0.2, -0.15) is 4.39 Å². The third-order valence-corrected chi connectivity index (χ3v) is 5.87. The van der Waals surface area contributed by atoms with E-state index in [1.165, 1.54) is 31.3 Å². The van der Waals surface area contributed by atoms with Gasteiger partial charge in [-0.05, 0) is 17.7 Å². The zero-order valence-corrected chi connectivity index (χ0v) is 16.9. The van der Waals surface area contributed by atoms with Crippen LogP contribution >= 0.6 is 0 Å². The standard InChI is InChI=1S/C21H20F2N2O4S/c1-25-17(13-14-7-9-16(10-8-14)24-30(28,29)12-11-26)19(22)18(21(25)23)20(27)15-5-3-2-4-6-15/h2-10,24,26H,11-13H2,1H3. The molecular weight excluding hydrogens is 414 g/mol. The fraction of sp³-hybridized carbons (Fsp3) is 0.190. The SMILES string of the molecule is Cn1c(F)c(C(=O)c2ccccc2)c(F)c1Cc1ccc(NS(=O)(=O)CCO)cc1. The molecule has 0 aliphatic carbocycles. The van der Waals surface area contributed by atoms with E-state index >= 15 is 0 Å². The lowest BCUT2D eigenvalue weighted by Crippen LogP contribution is -2.18. The molecule has 0 aliphatic heterocycles. The Morgan fingerprint density at radius 2 is 1.70 bits per heavy atom. The highest BCUT2D eigenvalue weighted by Crippen LogP contribution is 2.25. The molecule has 9 heteroatoms. The van der Waals surface area contributed by atoms with Crippen LogP contribution in [0.25, 0.3) is 0 Å². The van der Waals surface area contributed by atoms with E-state index in [1.807, 2.05) is 0 Å². The monoisotopic (exact) mass is 434 g/mol. The van der Waals surface area contributed by atoms with E-state index in [1.54, 1.807) is 30.3 Å². The molecule has 6 nitrogen and oxygen atoms in total. The van der Waals surface area contributed by atoms with Crippen molar-refractivity contribution >= 4 is 21.5 Å². The molecule has 0 radical (unpaired) electrons. The highest BCUT2D eigenvalue weighted by Gasteiger charge is 2.27. The molecule has 158 valence electrons. The third-order valence-electron chi connectivity index (χ3n) is 4.60. The molecule has 3 rings (SSSR count). The number of carbonyl (C=O) groups excluding carboxylic acids is 1. The quantitative estimate of drug-likeness (QED) is 0.534. The van der Waals surface area contributed by atoms with Crippen LogP contribution in [0, 0.1) is 11.8 Å². The Balaban J connectivity index is 1.85. The second-order valence-corrected chi connectivity index (χ2v) is 8.54. The topological polar surface area (TPSA) is 88.4 Å². The number of benzene rings is 2. The van der Waals surface area contributed by atoms with Crippen LogP contribution in [0.5, 0.6) is 0 Å².